The molecule has 0 bridgehead atoms. The molecule has 23 heavy (non-hydrogen) atoms. The highest BCUT2D eigenvalue weighted by Crippen LogP contribution is 2.27. The summed E-state index contributed by atoms with van der Waals surface area (Å²) in [6, 6.07) is 13.2. The van der Waals surface area contributed by atoms with Gasteiger partial charge in [0.2, 0.25) is 4.80 Å². The molecule has 0 amide bonds. The number of nitrogens with zero attached hydrogens (tertiary/aromatic N) is 2. The zero-order valence-corrected chi connectivity index (χ0v) is 13.7. The smallest absolute Gasteiger partial charge is 0.208 e. The van der Waals surface area contributed by atoms with E-state index in [4.69, 9.17) is 4.74 Å². The zero-order chi connectivity index (χ0) is 16.4. The number of thiazole rings is 1. The van der Waals surface area contributed by atoms with Crippen LogP contribution in [0.15, 0.2) is 54.1 Å². The molecule has 3 aromatic rings. The third-order valence-corrected chi connectivity index (χ3v) is 4.64. The number of hydrogen-bond acceptors (Lipinski definition) is 5. The number of ether oxygens (including phenoxy) is 1. The fourth-order valence-corrected chi connectivity index (χ4v) is 3.24. The lowest BCUT2D eigenvalue weighted by atomic mass is 10.1. The van der Waals surface area contributed by atoms with Crippen LogP contribution in [0.5, 0.6) is 11.5 Å². The Bertz CT molecular complexity index is 940. The number of nitrogens with one attached hydrogen (secondary N) is 1. The zero-order valence-electron chi connectivity index (χ0n) is 12.9. The molecule has 0 aliphatic rings. The van der Waals surface area contributed by atoms with Crippen LogP contribution in [0.4, 0.5) is 0 Å². The number of aromatic nitrogens is 1. The van der Waals surface area contributed by atoms with Gasteiger partial charge in [-0.15, -0.1) is 5.10 Å². The highest BCUT2D eigenvalue weighted by atomic mass is 32.1. The van der Waals surface area contributed by atoms with E-state index in [1.807, 2.05) is 23.7 Å². The highest BCUT2D eigenvalue weighted by Gasteiger charge is 2.07. The quantitative estimate of drug-likeness (QED) is 0.724. The summed E-state index contributed by atoms with van der Waals surface area (Å²) in [4.78, 5) is 0.820. The SMILES string of the molecule is C=C(N/N=c1/sc2ccccc2n1C)c1ccc(OC)cc1O. The minimum absolute atomic E-state index is 0.0952. The van der Waals surface area contributed by atoms with Crippen molar-refractivity contribution < 1.29 is 9.84 Å². The third kappa shape index (κ3) is 2.93. The molecule has 1 heterocycles. The monoisotopic (exact) mass is 327 g/mol. The van der Waals surface area contributed by atoms with Crippen molar-refractivity contribution in [2.75, 3.05) is 7.11 Å². The lowest BCUT2D eigenvalue weighted by Gasteiger charge is -2.08. The van der Waals surface area contributed by atoms with Crippen LogP contribution in [0, 0.1) is 0 Å². The molecule has 0 spiro atoms. The van der Waals surface area contributed by atoms with Crippen molar-refractivity contribution in [3.63, 3.8) is 0 Å². The Morgan fingerprint density at radius 3 is 2.78 bits per heavy atom. The first-order valence-corrected chi connectivity index (χ1v) is 7.82. The van der Waals surface area contributed by atoms with Crippen molar-refractivity contribution in [1.82, 2.24) is 9.99 Å². The van der Waals surface area contributed by atoms with Gasteiger partial charge >= 0.3 is 0 Å². The molecule has 0 saturated heterocycles. The van der Waals surface area contributed by atoms with Gasteiger partial charge in [0.05, 0.1) is 23.0 Å². The molecular weight excluding hydrogens is 310 g/mol. The minimum Gasteiger partial charge on any atom is -0.507 e. The molecule has 6 heteroatoms. The molecule has 118 valence electrons. The average Bonchev–Trinajstić information content (AvgIpc) is 2.89. The maximum Gasteiger partial charge on any atom is 0.208 e. The minimum atomic E-state index is 0.0952. The van der Waals surface area contributed by atoms with Crippen LogP contribution in [0.3, 0.4) is 0 Å². The molecular formula is C17H17N3O2S. The fourth-order valence-electron chi connectivity index (χ4n) is 2.26. The van der Waals surface area contributed by atoms with Gasteiger partial charge in [0.1, 0.15) is 11.5 Å². The molecule has 5 nitrogen and oxygen atoms in total. The number of methoxy groups -OCH3 is 1. The second kappa shape index (κ2) is 6.18. The molecule has 0 unspecified atom stereocenters. The summed E-state index contributed by atoms with van der Waals surface area (Å²) in [6.07, 6.45) is 0. The van der Waals surface area contributed by atoms with Gasteiger partial charge in [-0.05, 0) is 24.3 Å². The highest BCUT2D eigenvalue weighted by molar-refractivity contribution is 7.16. The van der Waals surface area contributed by atoms with Crippen molar-refractivity contribution in [2.45, 2.75) is 0 Å². The topological polar surface area (TPSA) is 58.8 Å². The number of fused-ring (bicyclic) bond motifs is 1. The van der Waals surface area contributed by atoms with Gasteiger partial charge in [-0.1, -0.05) is 30.0 Å². The van der Waals surface area contributed by atoms with E-state index in [-0.39, 0.29) is 5.75 Å². The van der Waals surface area contributed by atoms with E-state index in [1.54, 1.807) is 36.6 Å². The van der Waals surface area contributed by atoms with Crippen LogP contribution >= 0.6 is 11.3 Å². The lowest BCUT2D eigenvalue weighted by Crippen LogP contribution is -2.16. The van der Waals surface area contributed by atoms with Crippen LogP contribution in [-0.4, -0.2) is 16.8 Å². The van der Waals surface area contributed by atoms with E-state index in [1.165, 1.54) is 0 Å². The van der Waals surface area contributed by atoms with E-state index in [0.29, 0.717) is 17.0 Å². The van der Waals surface area contributed by atoms with Crippen molar-refractivity contribution in [2.24, 2.45) is 12.1 Å². The number of para-hydroxylation sites is 1. The number of rotatable bonds is 4. The second-order valence-corrected chi connectivity index (χ2v) is 6.01. The van der Waals surface area contributed by atoms with E-state index in [0.717, 1.165) is 15.0 Å². The standard InChI is InChI=1S/C17H17N3O2S/c1-11(13-9-8-12(22-3)10-15(13)21)18-19-17-20(2)14-6-4-5-7-16(14)23-17/h4-10,18,21H,1H2,2-3H3/b19-17+. The summed E-state index contributed by atoms with van der Waals surface area (Å²) < 4.78 is 8.24. The van der Waals surface area contributed by atoms with Crippen molar-refractivity contribution in [3.05, 3.63) is 59.4 Å². The van der Waals surface area contributed by atoms with E-state index >= 15 is 0 Å². The van der Waals surface area contributed by atoms with E-state index in [9.17, 15) is 5.11 Å². The Morgan fingerprint density at radius 1 is 1.30 bits per heavy atom. The number of phenols is 1. The van der Waals surface area contributed by atoms with Crippen LogP contribution in [0.25, 0.3) is 15.9 Å². The van der Waals surface area contributed by atoms with Crippen LogP contribution in [-0.2, 0) is 7.05 Å². The van der Waals surface area contributed by atoms with Gasteiger partial charge in [-0.3, -0.25) is 5.43 Å². The molecule has 0 saturated carbocycles. The van der Waals surface area contributed by atoms with Gasteiger partial charge in [0.15, 0.2) is 0 Å². The Labute approximate surface area is 137 Å². The van der Waals surface area contributed by atoms with Gasteiger partial charge < -0.3 is 14.4 Å². The molecule has 0 aliphatic heterocycles. The predicted octanol–water partition coefficient (Wildman–Crippen LogP) is 3.03. The van der Waals surface area contributed by atoms with E-state index < -0.39 is 0 Å². The van der Waals surface area contributed by atoms with Gasteiger partial charge in [0, 0.05) is 18.7 Å². The number of aryl methyl sites for hydroxylation is 1. The lowest BCUT2D eigenvalue weighted by molar-refractivity contribution is 0.407. The summed E-state index contributed by atoms with van der Waals surface area (Å²) >= 11 is 1.58. The normalized spacial score (nSPS) is 11.7. The van der Waals surface area contributed by atoms with E-state index in [2.05, 4.69) is 29.2 Å². The number of aromatic hydroxyl groups is 1. The molecule has 0 radical (unpaired) electrons. The first-order chi connectivity index (χ1) is 11.1. The van der Waals surface area contributed by atoms with Crippen molar-refractivity contribution in [3.8, 4) is 11.5 Å². The average molecular weight is 327 g/mol. The summed E-state index contributed by atoms with van der Waals surface area (Å²) in [7, 11) is 3.52. The van der Waals surface area contributed by atoms with Crippen LogP contribution in [0.1, 0.15) is 5.56 Å². The number of hydrogen-bond donors (Lipinski definition) is 2. The summed E-state index contributed by atoms with van der Waals surface area (Å²) in [6.45, 7) is 3.93. The molecule has 0 atom stereocenters. The molecule has 2 N–H and O–H groups in total. The molecule has 0 fully saturated rings. The molecule has 2 aromatic carbocycles. The molecule has 1 aromatic heterocycles. The summed E-state index contributed by atoms with van der Waals surface area (Å²) in [5, 5.41) is 14.4. The maximum absolute atomic E-state index is 10.0. The maximum atomic E-state index is 10.0. The van der Waals surface area contributed by atoms with Gasteiger partial charge in [-0.2, -0.15) is 0 Å². The summed E-state index contributed by atoms with van der Waals surface area (Å²) in [5.41, 5.74) is 5.13. The summed E-state index contributed by atoms with van der Waals surface area (Å²) in [5.74, 6) is 0.685. The predicted molar refractivity (Wildman–Crippen MR) is 93.2 cm³/mol. The Hall–Kier alpha value is -2.73. The number of benzene rings is 2. The fraction of sp³-hybridized carbons (Fsp3) is 0.118. The molecule has 0 aliphatic carbocycles. The molecule has 3 rings (SSSR count). The van der Waals surface area contributed by atoms with Crippen LogP contribution in [0.2, 0.25) is 0 Å². The first kappa shape index (κ1) is 15.2. The van der Waals surface area contributed by atoms with Gasteiger partial charge in [0.25, 0.3) is 0 Å². The second-order valence-electron chi connectivity index (χ2n) is 5.00. The largest absolute Gasteiger partial charge is 0.507 e. The Balaban J connectivity index is 1.89. The Kier molecular flexibility index (Phi) is 4.08. The Morgan fingerprint density at radius 2 is 2.09 bits per heavy atom. The third-order valence-electron chi connectivity index (χ3n) is 3.53. The van der Waals surface area contributed by atoms with Crippen LogP contribution < -0.4 is 15.0 Å². The number of phenolic OH excluding ortho intramolecular Hbond substituents is 1. The first-order valence-electron chi connectivity index (χ1n) is 7.00. The van der Waals surface area contributed by atoms with Gasteiger partial charge in [-0.25, -0.2) is 0 Å². The van der Waals surface area contributed by atoms with Crippen molar-refractivity contribution in [1.29, 1.82) is 0 Å². The van der Waals surface area contributed by atoms with Crippen molar-refractivity contribution >= 4 is 27.3 Å².